The number of hydrogen-bond acceptors (Lipinski definition) is 5. The third-order valence-electron chi connectivity index (χ3n) is 4.59. The summed E-state index contributed by atoms with van der Waals surface area (Å²) in [6.45, 7) is 1.37. The summed E-state index contributed by atoms with van der Waals surface area (Å²) in [5.41, 5.74) is 4.15. The Morgan fingerprint density at radius 2 is 1.79 bits per heavy atom. The fourth-order valence-electron chi connectivity index (χ4n) is 2.85. The average molecular weight is 534 g/mol. The number of carbonyl (C=O) groups excluding carboxylic acids is 1. The van der Waals surface area contributed by atoms with Crippen molar-refractivity contribution >= 4 is 43.8 Å². The first-order chi connectivity index (χ1) is 15.7. The molecule has 0 radical (unpaired) electrons. The normalized spacial score (nSPS) is 11.4. The predicted molar refractivity (Wildman–Crippen MR) is 129 cm³/mol. The maximum absolute atomic E-state index is 13.4. The Labute approximate surface area is 200 Å². The van der Waals surface area contributed by atoms with Crippen LogP contribution in [0.2, 0.25) is 0 Å². The lowest BCUT2D eigenvalue weighted by molar-refractivity contribution is -0.119. The highest BCUT2D eigenvalue weighted by Gasteiger charge is 2.28. The zero-order valence-electron chi connectivity index (χ0n) is 17.8. The number of aryl methyl sites for hydroxylation is 1. The first-order valence-corrected chi connectivity index (χ1v) is 11.9. The van der Waals surface area contributed by atoms with Crippen LogP contribution < -0.4 is 14.5 Å². The molecule has 0 spiro atoms. The van der Waals surface area contributed by atoms with Gasteiger partial charge in [-0.1, -0.05) is 29.8 Å². The van der Waals surface area contributed by atoms with Gasteiger partial charge in [-0.3, -0.25) is 9.10 Å². The molecule has 0 aliphatic heterocycles. The van der Waals surface area contributed by atoms with E-state index in [1.54, 1.807) is 24.3 Å². The van der Waals surface area contributed by atoms with Gasteiger partial charge in [0.05, 0.1) is 28.4 Å². The second kappa shape index (κ2) is 10.6. The summed E-state index contributed by atoms with van der Waals surface area (Å²) in [5, 5.41) is 3.83. The summed E-state index contributed by atoms with van der Waals surface area (Å²) >= 11 is 3.30. The van der Waals surface area contributed by atoms with E-state index in [4.69, 9.17) is 4.74 Å². The van der Waals surface area contributed by atoms with E-state index >= 15 is 0 Å². The van der Waals surface area contributed by atoms with E-state index in [-0.39, 0.29) is 10.7 Å². The SMILES string of the molecule is COc1ccc(S(=O)(=O)N(CC(=O)N/N=C/c2ccc(F)cc2)c2ccc(C)cc2)cc1Br. The minimum absolute atomic E-state index is 0.0154. The first kappa shape index (κ1) is 24.4. The number of carbonyl (C=O) groups is 1. The number of hydrogen-bond donors (Lipinski definition) is 1. The molecule has 33 heavy (non-hydrogen) atoms. The van der Waals surface area contributed by atoms with Crippen molar-refractivity contribution in [2.24, 2.45) is 5.10 Å². The number of hydrazone groups is 1. The van der Waals surface area contributed by atoms with E-state index in [1.807, 2.05) is 6.92 Å². The number of amides is 1. The first-order valence-electron chi connectivity index (χ1n) is 9.71. The van der Waals surface area contributed by atoms with Crippen LogP contribution in [0.4, 0.5) is 10.1 Å². The zero-order chi connectivity index (χ0) is 24.0. The molecule has 3 aromatic rings. The molecule has 1 amide bonds. The Kier molecular flexibility index (Phi) is 7.83. The molecule has 0 atom stereocenters. The Balaban J connectivity index is 1.86. The van der Waals surface area contributed by atoms with Gasteiger partial charge in [0, 0.05) is 0 Å². The second-order valence-corrected chi connectivity index (χ2v) is 9.70. The molecule has 3 aromatic carbocycles. The summed E-state index contributed by atoms with van der Waals surface area (Å²) < 4.78 is 46.5. The molecule has 1 N–H and O–H groups in total. The minimum Gasteiger partial charge on any atom is -0.496 e. The molecule has 10 heteroatoms. The Morgan fingerprint density at radius 1 is 1.12 bits per heavy atom. The molecule has 0 bridgehead atoms. The quantitative estimate of drug-likeness (QED) is 0.346. The summed E-state index contributed by atoms with van der Waals surface area (Å²) in [5.74, 6) is -0.561. The largest absolute Gasteiger partial charge is 0.496 e. The summed E-state index contributed by atoms with van der Waals surface area (Å²) in [6, 6.07) is 16.6. The molecular weight excluding hydrogens is 513 g/mol. The van der Waals surface area contributed by atoms with Crippen LogP contribution in [0.5, 0.6) is 5.75 Å². The molecule has 172 valence electrons. The smallest absolute Gasteiger partial charge is 0.264 e. The summed E-state index contributed by atoms with van der Waals surface area (Å²) in [7, 11) is -2.62. The van der Waals surface area contributed by atoms with Crippen LogP contribution in [0.15, 0.2) is 81.2 Å². The maximum atomic E-state index is 13.4. The second-order valence-electron chi connectivity index (χ2n) is 6.99. The van der Waals surface area contributed by atoms with Crippen LogP contribution >= 0.6 is 15.9 Å². The van der Waals surface area contributed by atoms with E-state index in [0.717, 1.165) is 9.87 Å². The van der Waals surface area contributed by atoms with Crippen molar-refractivity contribution in [1.82, 2.24) is 5.43 Å². The van der Waals surface area contributed by atoms with Gasteiger partial charge in [0.15, 0.2) is 0 Å². The number of methoxy groups -OCH3 is 1. The zero-order valence-corrected chi connectivity index (χ0v) is 20.2. The lowest BCUT2D eigenvalue weighted by Gasteiger charge is -2.24. The summed E-state index contributed by atoms with van der Waals surface area (Å²) in [4.78, 5) is 12.5. The van der Waals surface area contributed by atoms with E-state index in [9.17, 15) is 17.6 Å². The maximum Gasteiger partial charge on any atom is 0.264 e. The van der Waals surface area contributed by atoms with Crippen LogP contribution in [0.25, 0.3) is 0 Å². The number of benzene rings is 3. The van der Waals surface area contributed by atoms with Crippen LogP contribution in [-0.2, 0) is 14.8 Å². The van der Waals surface area contributed by atoms with Crippen molar-refractivity contribution in [3.05, 3.63) is 88.1 Å². The van der Waals surface area contributed by atoms with E-state index in [2.05, 4.69) is 26.5 Å². The molecular formula is C23H21BrFN3O4S. The van der Waals surface area contributed by atoms with Crippen molar-refractivity contribution in [2.45, 2.75) is 11.8 Å². The molecule has 0 unspecified atom stereocenters. The van der Waals surface area contributed by atoms with Gasteiger partial charge in [-0.15, -0.1) is 0 Å². The van der Waals surface area contributed by atoms with Crippen LogP contribution in [0.1, 0.15) is 11.1 Å². The minimum atomic E-state index is -4.10. The van der Waals surface area contributed by atoms with Gasteiger partial charge in [0.1, 0.15) is 18.1 Å². The van der Waals surface area contributed by atoms with Crippen molar-refractivity contribution in [3.63, 3.8) is 0 Å². The van der Waals surface area contributed by atoms with Crippen LogP contribution in [0.3, 0.4) is 0 Å². The standard InChI is InChI=1S/C23H21BrFN3O4S/c1-16-3-9-19(10-4-16)28(33(30,31)20-11-12-22(32-2)21(24)13-20)15-23(29)27-26-14-17-5-7-18(25)8-6-17/h3-14H,15H2,1-2H3,(H,27,29)/b26-14+. The van der Waals surface area contributed by atoms with Crippen molar-refractivity contribution < 1.29 is 22.3 Å². The number of sulfonamides is 1. The highest BCUT2D eigenvalue weighted by Crippen LogP contribution is 2.30. The molecule has 0 saturated carbocycles. The van der Waals surface area contributed by atoms with Crippen LogP contribution in [0, 0.1) is 12.7 Å². The number of halogens is 2. The van der Waals surface area contributed by atoms with E-state index in [0.29, 0.717) is 21.5 Å². The Morgan fingerprint density at radius 3 is 2.39 bits per heavy atom. The van der Waals surface area contributed by atoms with Crippen molar-refractivity contribution in [3.8, 4) is 5.75 Å². The molecule has 7 nitrogen and oxygen atoms in total. The van der Waals surface area contributed by atoms with Gasteiger partial charge >= 0.3 is 0 Å². The molecule has 0 saturated heterocycles. The number of anilines is 1. The monoisotopic (exact) mass is 533 g/mol. The number of nitrogens with one attached hydrogen (secondary N) is 1. The van der Waals surface area contributed by atoms with E-state index < -0.39 is 22.5 Å². The predicted octanol–water partition coefficient (Wildman–Crippen LogP) is 4.25. The van der Waals surface area contributed by atoms with Gasteiger partial charge in [0.2, 0.25) is 0 Å². The lowest BCUT2D eigenvalue weighted by Crippen LogP contribution is -2.39. The van der Waals surface area contributed by atoms with Crippen molar-refractivity contribution in [2.75, 3.05) is 18.0 Å². The average Bonchev–Trinajstić information content (AvgIpc) is 2.79. The molecule has 0 aliphatic carbocycles. The van der Waals surface area contributed by atoms with E-state index in [1.165, 1.54) is 55.8 Å². The fourth-order valence-corrected chi connectivity index (χ4v) is 4.99. The highest BCUT2D eigenvalue weighted by molar-refractivity contribution is 9.10. The number of rotatable bonds is 8. The van der Waals surface area contributed by atoms with Gasteiger partial charge in [0.25, 0.3) is 15.9 Å². The summed E-state index contributed by atoms with van der Waals surface area (Å²) in [6.07, 6.45) is 1.34. The van der Waals surface area contributed by atoms with Gasteiger partial charge in [-0.2, -0.15) is 5.10 Å². The molecule has 0 aromatic heterocycles. The molecule has 0 fully saturated rings. The van der Waals surface area contributed by atoms with Gasteiger partial charge in [-0.05, 0) is 70.9 Å². The van der Waals surface area contributed by atoms with Crippen LogP contribution in [-0.4, -0.2) is 34.2 Å². The number of nitrogens with zero attached hydrogens (tertiary/aromatic N) is 2. The number of ether oxygens (including phenoxy) is 1. The van der Waals surface area contributed by atoms with Gasteiger partial charge in [-0.25, -0.2) is 18.2 Å². The molecule has 0 aliphatic rings. The Hall–Kier alpha value is -3.24. The highest BCUT2D eigenvalue weighted by atomic mass is 79.9. The third-order valence-corrected chi connectivity index (χ3v) is 6.98. The van der Waals surface area contributed by atoms with Crippen molar-refractivity contribution in [1.29, 1.82) is 0 Å². The lowest BCUT2D eigenvalue weighted by atomic mass is 10.2. The Bertz CT molecular complexity index is 1260. The topological polar surface area (TPSA) is 88.1 Å². The van der Waals surface area contributed by atoms with Gasteiger partial charge < -0.3 is 4.74 Å². The fraction of sp³-hybridized carbons (Fsp3) is 0.130. The molecule has 0 heterocycles. The molecule has 3 rings (SSSR count). The third kappa shape index (κ3) is 6.17.